The van der Waals surface area contributed by atoms with Crippen molar-refractivity contribution in [1.82, 2.24) is 4.90 Å². The van der Waals surface area contributed by atoms with Crippen molar-refractivity contribution >= 4 is 16.7 Å². The molecule has 1 fully saturated rings. The quantitative estimate of drug-likeness (QED) is 0.903. The Morgan fingerprint density at radius 1 is 1.10 bits per heavy atom. The second-order valence-electron chi connectivity index (χ2n) is 5.57. The average Bonchev–Trinajstić information content (AvgIpc) is 3.06. The van der Waals surface area contributed by atoms with E-state index >= 15 is 0 Å². The molecule has 4 heteroatoms. The number of nitrogens with two attached hydrogens (primary N) is 1. The van der Waals surface area contributed by atoms with Gasteiger partial charge in [0.2, 0.25) is 5.91 Å². The maximum Gasteiger partial charge on any atom is 0.242 e. The van der Waals surface area contributed by atoms with Crippen molar-refractivity contribution < 1.29 is 9.90 Å². The van der Waals surface area contributed by atoms with Crippen molar-refractivity contribution in [1.29, 1.82) is 0 Å². The van der Waals surface area contributed by atoms with Crippen LogP contribution in [0.15, 0.2) is 42.5 Å². The maximum atomic E-state index is 12.3. The first kappa shape index (κ1) is 14.0. The topological polar surface area (TPSA) is 66.6 Å². The number of aliphatic hydroxyl groups is 1. The minimum Gasteiger partial charge on any atom is -0.386 e. The van der Waals surface area contributed by atoms with Crippen LogP contribution in [-0.4, -0.2) is 35.0 Å². The summed E-state index contributed by atoms with van der Waals surface area (Å²) < 4.78 is 0. The zero-order valence-corrected chi connectivity index (χ0v) is 11.9. The van der Waals surface area contributed by atoms with Crippen molar-refractivity contribution in [3.63, 3.8) is 0 Å². The highest BCUT2D eigenvalue weighted by Crippen LogP contribution is 2.26. The summed E-state index contributed by atoms with van der Waals surface area (Å²) in [5.74, 6) is -0.159. The molecule has 4 nitrogen and oxygen atoms in total. The van der Waals surface area contributed by atoms with E-state index in [0.29, 0.717) is 5.56 Å². The fourth-order valence-corrected chi connectivity index (χ4v) is 2.99. The molecule has 3 rings (SSSR count). The van der Waals surface area contributed by atoms with Gasteiger partial charge in [-0.05, 0) is 29.2 Å². The molecule has 1 aliphatic heterocycles. The second-order valence-corrected chi connectivity index (χ2v) is 5.57. The average molecular weight is 284 g/mol. The number of hydrogen-bond acceptors (Lipinski definition) is 3. The number of likely N-dealkylation sites (tertiary alicyclic amines) is 1. The highest BCUT2D eigenvalue weighted by Gasteiger charge is 2.30. The number of amides is 1. The van der Waals surface area contributed by atoms with Gasteiger partial charge in [-0.3, -0.25) is 4.79 Å². The lowest BCUT2D eigenvalue weighted by molar-refractivity contribution is -0.134. The Labute approximate surface area is 124 Å². The Kier molecular flexibility index (Phi) is 3.90. The van der Waals surface area contributed by atoms with Crippen LogP contribution >= 0.6 is 0 Å². The molecule has 1 heterocycles. The van der Waals surface area contributed by atoms with Crippen LogP contribution in [0.1, 0.15) is 24.5 Å². The van der Waals surface area contributed by atoms with Gasteiger partial charge in [-0.25, -0.2) is 0 Å². The number of hydrogen-bond donors (Lipinski definition) is 2. The second kappa shape index (κ2) is 5.84. The Hall–Kier alpha value is -1.91. The number of nitrogens with zero attached hydrogens (tertiary/aromatic N) is 1. The van der Waals surface area contributed by atoms with Crippen molar-refractivity contribution in [3.8, 4) is 0 Å². The summed E-state index contributed by atoms with van der Waals surface area (Å²) in [5, 5.41) is 12.5. The predicted octanol–water partition coefficient (Wildman–Crippen LogP) is 1.82. The Morgan fingerprint density at radius 3 is 2.52 bits per heavy atom. The lowest BCUT2D eigenvalue weighted by Crippen LogP contribution is -2.45. The standard InChI is InChI=1S/C17H20N2O2/c18-15(17(21)19-10-3-4-11-19)16(20)14-9-5-7-12-6-1-2-8-13(12)14/h1-2,5-9,15-16,20H,3-4,10-11,18H2/t15-,16+/m1/s1. The molecule has 0 aromatic heterocycles. The summed E-state index contributed by atoms with van der Waals surface area (Å²) >= 11 is 0. The van der Waals surface area contributed by atoms with Gasteiger partial charge in [0.15, 0.2) is 0 Å². The molecular formula is C17H20N2O2. The number of fused-ring (bicyclic) bond motifs is 1. The molecule has 2 aromatic rings. The van der Waals surface area contributed by atoms with Gasteiger partial charge in [-0.15, -0.1) is 0 Å². The minimum absolute atomic E-state index is 0.159. The highest BCUT2D eigenvalue weighted by molar-refractivity contribution is 5.88. The molecule has 3 N–H and O–H groups in total. The third-order valence-electron chi connectivity index (χ3n) is 4.19. The number of rotatable bonds is 3. The number of carbonyl (C=O) groups is 1. The summed E-state index contributed by atoms with van der Waals surface area (Å²) in [7, 11) is 0. The summed E-state index contributed by atoms with van der Waals surface area (Å²) in [6.45, 7) is 1.49. The SMILES string of the molecule is N[C@@H](C(=O)N1CCCC1)[C@@H](O)c1cccc2ccccc12. The Bertz CT molecular complexity index is 645. The van der Waals surface area contributed by atoms with Gasteiger partial charge in [0.05, 0.1) is 0 Å². The number of carbonyl (C=O) groups excluding carboxylic acids is 1. The minimum atomic E-state index is -0.982. The molecule has 0 unspecified atom stereocenters. The van der Waals surface area contributed by atoms with E-state index in [4.69, 9.17) is 5.73 Å². The van der Waals surface area contributed by atoms with Gasteiger partial charge in [0.25, 0.3) is 0 Å². The summed E-state index contributed by atoms with van der Waals surface area (Å²) in [5.41, 5.74) is 6.74. The van der Waals surface area contributed by atoms with Gasteiger partial charge in [0.1, 0.15) is 12.1 Å². The molecule has 0 radical (unpaired) electrons. The first-order valence-corrected chi connectivity index (χ1v) is 7.38. The predicted molar refractivity (Wildman–Crippen MR) is 82.7 cm³/mol. The highest BCUT2D eigenvalue weighted by atomic mass is 16.3. The lowest BCUT2D eigenvalue weighted by Gasteiger charge is -2.24. The van der Waals surface area contributed by atoms with E-state index in [1.165, 1.54) is 0 Å². The molecule has 110 valence electrons. The Balaban J connectivity index is 1.89. The molecule has 0 aliphatic carbocycles. The normalized spacial score (nSPS) is 17.9. The van der Waals surface area contributed by atoms with Gasteiger partial charge in [-0.2, -0.15) is 0 Å². The van der Waals surface area contributed by atoms with Crippen LogP contribution in [0, 0.1) is 0 Å². The van der Waals surface area contributed by atoms with Crippen LogP contribution in [0.3, 0.4) is 0 Å². The lowest BCUT2D eigenvalue weighted by atomic mass is 9.96. The molecule has 0 saturated carbocycles. The monoisotopic (exact) mass is 284 g/mol. The van der Waals surface area contributed by atoms with Gasteiger partial charge >= 0.3 is 0 Å². The molecule has 21 heavy (non-hydrogen) atoms. The van der Waals surface area contributed by atoms with Crippen molar-refractivity contribution in [2.45, 2.75) is 25.0 Å². The molecular weight excluding hydrogens is 264 g/mol. The first-order chi connectivity index (χ1) is 10.2. The van der Waals surface area contributed by atoms with Crippen LogP contribution in [-0.2, 0) is 4.79 Å². The van der Waals surface area contributed by atoms with Crippen LogP contribution in [0.5, 0.6) is 0 Å². The van der Waals surface area contributed by atoms with E-state index in [9.17, 15) is 9.90 Å². The zero-order chi connectivity index (χ0) is 14.8. The Morgan fingerprint density at radius 2 is 1.76 bits per heavy atom. The van der Waals surface area contributed by atoms with Crippen molar-refractivity contribution in [2.24, 2.45) is 5.73 Å². The van der Waals surface area contributed by atoms with Crippen LogP contribution in [0.25, 0.3) is 10.8 Å². The van der Waals surface area contributed by atoms with Gasteiger partial charge in [0, 0.05) is 13.1 Å². The van der Waals surface area contributed by atoms with E-state index in [-0.39, 0.29) is 5.91 Å². The fraction of sp³-hybridized carbons (Fsp3) is 0.353. The first-order valence-electron chi connectivity index (χ1n) is 7.38. The molecule has 1 amide bonds. The third kappa shape index (κ3) is 2.64. The number of benzene rings is 2. The van der Waals surface area contributed by atoms with E-state index in [1.54, 1.807) is 4.90 Å². The number of aliphatic hydroxyl groups excluding tert-OH is 1. The van der Waals surface area contributed by atoms with Gasteiger partial charge < -0.3 is 15.7 Å². The van der Waals surface area contributed by atoms with Crippen LogP contribution in [0.2, 0.25) is 0 Å². The molecule has 2 aromatic carbocycles. The molecule has 2 atom stereocenters. The van der Waals surface area contributed by atoms with Crippen LogP contribution in [0.4, 0.5) is 0 Å². The maximum absolute atomic E-state index is 12.3. The van der Waals surface area contributed by atoms with E-state index in [0.717, 1.165) is 36.7 Å². The summed E-state index contributed by atoms with van der Waals surface area (Å²) in [6, 6.07) is 12.6. The molecule has 0 spiro atoms. The van der Waals surface area contributed by atoms with Gasteiger partial charge in [-0.1, -0.05) is 42.5 Å². The third-order valence-corrected chi connectivity index (χ3v) is 4.19. The largest absolute Gasteiger partial charge is 0.386 e. The van der Waals surface area contributed by atoms with E-state index in [1.807, 2.05) is 42.5 Å². The van der Waals surface area contributed by atoms with Crippen molar-refractivity contribution in [2.75, 3.05) is 13.1 Å². The summed E-state index contributed by atoms with van der Waals surface area (Å²) in [4.78, 5) is 14.1. The van der Waals surface area contributed by atoms with Crippen LogP contribution < -0.4 is 5.73 Å². The molecule has 0 bridgehead atoms. The van der Waals surface area contributed by atoms with Crippen molar-refractivity contribution in [3.05, 3.63) is 48.0 Å². The summed E-state index contributed by atoms with van der Waals surface area (Å²) in [6.07, 6.45) is 1.05. The smallest absolute Gasteiger partial charge is 0.242 e. The molecule has 1 saturated heterocycles. The molecule has 1 aliphatic rings. The van der Waals surface area contributed by atoms with E-state index < -0.39 is 12.1 Å². The zero-order valence-electron chi connectivity index (χ0n) is 11.9. The fourth-order valence-electron chi connectivity index (χ4n) is 2.99. The van der Waals surface area contributed by atoms with E-state index in [2.05, 4.69) is 0 Å².